The monoisotopic (exact) mass is 422 g/mol. The third-order valence-corrected chi connectivity index (χ3v) is 5.07. The van der Waals surface area contributed by atoms with Gasteiger partial charge in [0.1, 0.15) is 6.61 Å². The van der Waals surface area contributed by atoms with Crippen LogP contribution in [0.3, 0.4) is 0 Å². The molecule has 0 saturated carbocycles. The number of esters is 1. The second-order valence-electron chi connectivity index (χ2n) is 7.14. The van der Waals surface area contributed by atoms with Gasteiger partial charge in [0.15, 0.2) is 5.69 Å². The average molecular weight is 422 g/mol. The van der Waals surface area contributed by atoms with Crippen molar-refractivity contribution in [2.45, 2.75) is 6.61 Å². The van der Waals surface area contributed by atoms with Crippen molar-refractivity contribution in [1.82, 2.24) is 19.6 Å². The zero-order valence-electron chi connectivity index (χ0n) is 17.0. The largest absolute Gasteiger partial charge is 0.456 e. The number of carbonyl (C=O) groups excluding carboxylic acids is 1. The Bertz CT molecular complexity index is 1440. The molecule has 3 aromatic carbocycles. The number of carbonyl (C=O) groups is 1. The number of hydrogen-bond acceptors (Lipinski definition) is 5. The second kappa shape index (κ2) is 8.31. The minimum absolute atomic E-state index is 0.0820. The zero-order valence-corrected chi connectivity index (χ0v) is 17.0. The predicted molar refractivity (Wildman–Crippen MR) is 120 cm³/mol. The summed E-state index contributed by atoms with van der Waals surface area (Å²) < 4.78 is 8.53. The molecule has 32 heavy (non-hydrogen) atoms. The predicted octanol–water partition coefficient (Wildman–Crippen LogP) is 3.93. The van der Waals surface area contributed by atoms with Gasteiger partial charge in [-0.3, -0.25) is 4.79 Å². The number of benzene rings is 3. The molecule has 0 aliphatic rings. The number of fused-ring (bicyclic) bond motifs is 1. The molecule has 0 aliphatic carbocycles. The lowest BCUT2D eigenvalue weighted by Crippen LogP contribution is -2.25. The maximum Gasteiger partial charge on any atom is 0.359 e. The van der Waals surface area contributed by atoms with Gasteiger partial charge in [-0.2, -0.15) is 14.9 Å². The molecule has 0 unspecified atom stereocenters. The standard InChI is InChI=1S/C25H18N4O3/c30-24-22-10-5-4-9-21(22)23(27-29(24)20-7-2-1-3-8-20)25(31)32-17-18-11-13-19(14-12-18)28-16-6-15-26-28/h1-16H,17H2. The second-order valence-corrected chi connectivity index (χ2v) is 7.14. The van der Waals surface area contributed by atoms with Crippen molar-refractivity contribution in [2.75, 3.05) is 0 Å². The SMILES string of the molecule is O=C(OCc1ccc(-n2cccn2)cc1)c1nn(-c2ccccc2)c(=O)c2ccccc12. The first-order valence-electron chi connectivity index (χ1n) is 10.0. The Morgan fingerprint density at radius 3 is 2.25 bits per heavy atom. The van der Waals surface area contributed by atoms with Crippen molar-refractivity contribution in [3.05, 3.63) is 119 Å². The van der Waals surface area contributed by atoms with Crippen molar-refractivity contribution in [1.29, 1.82) is 0 Å². The van der Waals surface area contributed by atoms with E-state index < -0.39 is 5.97 Å². The van der Waals surface area contributed by atoms with E-state index in [1.54, 1.807) is 47.3 Å². The van der Waals surface area contributed by atoms with Gasteiger partial charge in [-0.05, 0) is 42.0 Å². The van der Waals surface area contributed by atoms with E-state index in [0.29, 0.717) is 16.5 Å². The van der Waals surface area contributed by atoms with Crippen LogP contribution in [0.25, 0.3) is 22.1 Å². The molecule has 7 nitrogen and oxygen atoms in total. The third-order valence-electron chi connectivity index (χ3n) is 5.07. The van der Waals surface area contributed by atoms with Gasteiger partial charge in [0, 0.05) is 17.8 Å². The minimum atomic E-state index is -0.595. The quantitative estimate of drug-likeness (QED) is 0.401. The van der Waals surface area contributed by atoms with Gasteiger partial charge in [0.25, 0.3) is 5.56 Å². The van der Waals surface area contributed by atoms with Gasteiger partial charge >= 0.3 is 5.97 Å². The fourth-order valence-corrected chi connectivity index (χ4v) is 3.47. The van der Waals surface area contributed by atoms with E-state index in [-0.39, 0.29) is 17.9 Å². The number of rotatable bonds is 5. The van der Waals surface area contributed by atoms with Crippen molar-refractivity contribution < 1.29 is 9.53 Å². The van der Waals surface area contributed by atoms with Crippen LogP contribution in [0, 0.1) is 0 Å². The van der Waals surface area contributed by atoms with Gasteiger partial charge in [-0.15, -0.1) is 0 Å². The van der Waals surface area contributed by atoms with E-state index in [1.165, 1.54) is 4.68 Å². The van der Waals surface area contributed by atoms with Crippen LogP contribution in [0.2, 0.25) is 0 Å². The summed E-state index contributed by atoms with van der Waals surface area (Å²) in [4.78, 5) is 25.9. The Morgan fingerprint density at radius 2 is 1.53 bits per heavy atom. The van der Waals surface area contributed by atoms with Gasteiger partial charge in [0.2, 0.25) is 0 Å². The van der Waals surface area contributed by atoms with Crippen LogP contribution in [0.4, 0.5) is 0 Å². The molecular formula is C25H18N4O3. The maximum absolute atomic E-state index is 13.0. The normalized spacial score (nSPS) is 10.9. The third kappa shape index (κ3) is 3.67. The van der Waals surface area contributed by atoms with Crippen molar-refractivity contribution in [3.8, 4) is 11.4 Å². The minimum Gasteiger partial charge on any atom is -0.456 e. The number of hydrogen-bond donors (Lipinski definition) is 0. The van der Waals surface area contributed by atoms with Crippen LogP contribution >= 0.6 is 0 Å². The Balaban J connectivity index is 1.44. The number of aromatic nitrogens is 4. The van der Waals surface area contributed by atoms with E-state index in [0.717, 1.165) is 11.3 Å². The van der Waals surface area contributed by atoms with Gasteiger partial charge in [0.05, 0.1) is 16.8 Å². The van der Waals surface area contributed by atoms with Gasteiger partial charge < -0.3 is 4.74 Å². The number of nitrogens with zero attached hydrogens (tertiary/aromatic N) is 4. The first kappa shape index (κ1) is 19.4. The highest BCUT2D eigenvalue weighted by Crippen LogP contribution is 2.17. The molecule has 0 spiro atoms. The first-order valence-corrected chi connectivity index (χ1v) is 10.0. The summed E-state index contributed by atoms with van der Waals surface area (Å²) in [5.41, 5.74) is 2.11. The molecule has 5 aromatic rings. The number of para-hydroxylation sites is 1. The fourth-order valence-electron chi connectivity index (χ4n) is 3.47. The molecule has 0 atom stereocenters. The summed E-state index contributed by atoms with van der Waals surface area (Å²) in [7, 11) is 0. The van der Waals surface area contributed by atoms with E-state index in [1.807, 2.05) is 54.7 Å². The molecule has 2 aromatic heterocycles. The van der Waals surface area contributed by atoms with E-state index in [9.17, 15) is 9.59 Å². The molecule has 7 heteroatoms. The molecule has 2 heterocycles. The maximum atomic E-state index is 13.0. The highest BCUT2D eigenvalue weighted by molar-refractivity contribution is 6.02. The highest BCUT2D eigenvalue weighted by atomic mass is 16.5. The van der Waals surface area contributed by atoms with Crippen LogP contribution in [-0.2, 0) is 11.3 Å². The Labute approximate surface area is 183 Å². The summed E-state index contributed by atoms with van der Waals surface area (Å²) in [6.07, 6.45) is 3.56. The lowest BCUT2D eigenvalue weighted by molar-refractivity contribution is 0.0466. The first-order chi connectivity index (χ1) is 15.7. The molecule has 0 N–H and O–H groups in total. The Hall–Kier alpha value is -4.52. The molecule has 0 saturated heterocycles. The molecule has 156 valence electrons. The van der Waals surface area contributed by atoms with Gasteiger partial charge in [-0.1, -0.05) is 48.5 Å². The summed E-state index contributed by atoms with van der Waals surface area (Å²) in [5.74, 6) is -0.595. The van der Waals surface area contributed by atoms with E-state index in [4.69, 9.17) is 4.74 Å². The molecule has 5 rings (SSSR count). The number of ether oxygens (including phenoxy) is 1. The summed E-state index contributed by atoms with van der Waals surface area (Å²) in [6.45, 7) is 0.0820. The van der Waals surface area contributed by atoms with Gasteiger partial charge in [-0.25, -0.2) is 9.48 Å². The smallest absolute Gasteiger partial charge is 0.359 e. The Morgan fingerprint density at radius 1 is 0.812 bits per heavy atom. The van der Waals surface area contributed by atoms with Crippen LogP contribution < -0.4 is 5.56 Å². The van der Waals surface area contributed by atoms with Crippen LogP contribution in [0.5, 0.6) is 0 Å². The van der Waals surface area contributed by atoms with Crippen LogP contribution in [-0.4, -0.2) is 25.5 Å². The molecular weight excluding hydrogens is 404 g/mol. The average Bonchev–Trinajstić information content (AvgIpc) is 3.39. The van der Waals surface area contributed by atoms with Crippen molar-refractivity contribution in [2.24, 2.45) is 0 Å². The summed E-state index contributed by atoms with van der Waals surface area (Å²) in [6, 6.07) is 25.3. The lowest BCUT2D eigenvalue weighted by Gasteiger charge is -2.11. The highest BCUT2D eigenvalue weighted by Gasteiger charge is 2.18. The van der Waals surface area contributed by atoms with Crippen molar-refractivity contribution >= 4 is 16.7 Å². The van der Waals surface area contributed by atoms with Crippen LogP contribution in [0.1, 0.15) is 16.1 Å². The zero-order chi connectivity index (χ0) is 21.9. The topological polar surface area (TPSA) is 79.0 Å². The van der Waals surface area contributed by atoms with E-state index in [2.05, 4.69) is 10.2 Å². The van der Waals surface area contributed by atoms with E-state index >= 15 is 0 Å². The Kier molecular flexibility index (Phi) is 5.05. The van der Waals surface area contributed by atoms with Crippen molar-refractivity contribution in [3.63, 3.8) is 0 Å². The molecule has 0 fully saturated rings. The molecule has 0 amide bonds. The molecule has 0 bridgehead atoms. The van der Waals surface area contributed by atoms with Crippen LogP contribution in [0.15, 0.2) is 102 Å². The lowest BCUT2D eigenvalue weighted by atomic mass is 10.1. The molecule has 0 aliphatic heterocycles. The fraction of sp³-hybridized carbons (Fsp3) is 0.0400. The molecule has 0 radical (unpaired) electrons. The summed E-state index contributed by atoms with van der Waals surface area (Å²) in [5, 5.41) is 9.41. The summed E-state index contributed by atoms with van der Waals surface area (Å²) >= 11 is 0.